The second-order valence-electron chi connectivity index (χ2n) is 3.85. The van der Waals surface area contributed by atoms with Crippen molar-refractivity contribution in [2.45, 2.75) is 36.9 Å². The van der Waals surface area contributed by atoms with Crippen LogP contribution in [0.4, 0.5) is 0 Å². The Morgan fingerprint density at radius 1 is 1.61 bits per heavy atom. The number of aliphatic carboxylic acids is 1. The standard InChI is InChI=1S/C10H14ClNO4S2/c1-3-7(5-8(13)14)12-18(15,16)9-4-6(2)10(11)17-9/h4,7,12H,3,5H2,1-2H3,(H,13,14). The van der Waals surface area contributed by atoms with Gasteiger partial charge in [-0.15, -0.1) is 11.3 Å². The van der Waals surface area contributed by atoms with Gasteiger partial charge in [0.15, 0.2) is 0 Å². The van der Waals surface area contributed by atoms with E-state index in [4.69, 9.17) is 16.7 Å². The lowest BCUT2D eigenvalue weighted by molar-refractivity contribution is -0.137. The summed E-state index contributed by atoms with van der Waals surface area (Å²) in [6.07, 6.45) is 0.164. The second-order valence-corrected chi connectivity index (χ2v) is 7.44. The predicted octanol–water partition coefficient (Wildman–Crippen LogP) is 2.24. The molecule has 102 valence electrons. The summed E-state index contributed by atoms with van der Waals surface area (Å²) in [4.78, 5) is 10.6. The van der Waals surface area contributed by atoms with Crippen molar-refractivity contribution in [3.63, 3.8) is 0 Å². The van der Waals surface area contributed by atoms with Gasteiger partial charge in [-0.1, -0.05) is 18.5 Å². The number of thiophene rings is 1. The van der Waals surface area contributed by atoms with E-state index >= 15 is 0 Å². The van der Waals surface area contributed by atoms with Crippen LogP contribution in [0, 0.1) is 6.92 Å². The average Bonchev–Trinajstić information content (AvgIpc) is 2.58. The van der Waals surface area contributed by atoms with E-state index in [-0.39, 0.29) is 10.6 Å². The fourth-order valence-corrected chi connectivity index (χ4v) is 4.37. The van der Waals surface area contributed by atoms with Crippen LogP contribution in [0.3, 0.4) is 0 Å². The third-order valence-corrected chi connectivity index (χ3v) is 5.88. The Bertz CT molecular complexity index is 519. The molecular formula is C10H14ClNO4S2. The Morgan fingerprint density at radius 2 is 2.22 bits per heavy atom. The van der Waals surface area contributed by atoms with Crippen LogP contribution in [-0.4, -0.2) is 25.5 Å². The van der Waals surface area contributed by atoms with E-state index in [1.165, 1.54) is 6.07 Å². The number of hydrogen-bond acceptors (Lipinski definition) is 4. The SMILES string of the molecule is CCC(CC(=O)O)NS(=O)(=O)c1cc(C)c(Cl)s1. The minimum Gasteiger partial charge on any atom is -0.481 e. The molecule has 18 heavy (non-hydrogen) atoms. The van der Waals surface area contributed by atoms with Crippen LogP contribution in [0.15, 0.2) is 10.3 Å². The molecule has 2 N–H and O–H groups in total. The molecule has 0 saturated carbocycles. The molecule has 0 aliphatic carbocycles. The average molecular weight is 312 g/mol. The van der Waals surface area contributed by atoms with Crippen molar-refractivity contribution < 1.29 is 18.3 Å². The maximum atomic E-state index is 12.0. The third kappa shape index (κ3) is 3.94. The molecule has 0 aromatic carbocycles. The lowest BCUT2D eigenvalue weighted by atomic mass is 10.2. The fraction of sp³-hybridized carbons (Fsp3) is 0.500. The lowest BCUT2D eigenvalue weighted by Crippen LogP contribution is -2.35. The third-order valence-electron chi connectivity index (χ3n) is 2.34. The molecule has 1 heterocycles. The summed E-state index contributed by atoms with van der Waals surface area (Å²) in [6, 6.07) is 0.858. The smallest absolute Gasteiger partial charge is 0.304 e. The van der Waals surface area contributed by atoms with E-state index in [0.717, 1.165) is 11.3 Å². The van der Waals surface area contributed by atoms with Gasteiger partial charge in [0.25, 0.3) is 0 Å². The highest BCUT2D eigenvalue weighted by Crippen LogP contribution is 2.30. The van der Waals surface area contributed by atoms with E-state index in [2.05, 4.69) is 4.72 Å². The molecule has 0 spiro atoms. The predicted molar refractivity (Wildman–Crippen MR) is 70.7 cm³/mol. The first-order valence-electron chi connectivity index (χ1n) is 5.26. The molecule has 0 saturated heterocycles. The van der Waals surface area contributed by atoms with Crippen LogP contribution in [0.5, 0.6) is 0 Å². The van der Waals surface area contributed by atoms with Gasteiger partial charge >= 0.3 is 5.97 Å². The Balaban J connectivity index is 2.90. The van der Waals surface area contributed by atoms with Gasteiger partial charge in [-0.25, -0.2) is 13.1 Å². The second kappa shape index (κ2) is 6.01. The summed E-state index contributed by atoms with van der Waals surface area (Å²) >= 11 is 6.78. The van der Waals surface area contributed by atoms with Gasteiger partial charge in [-0.05, 0) is 25.0 Å². The number of halogens is 1. The van der Waals surface area contributed by atoms with Gasteiger partial charge in [0.1, 0.15) is 4.21 Å². The van der Waals surface area contributed by atoms with E-state index in [1.54, 1.807) is 13.8 Å². The first kappa shape index (κ1) is 15.4. The van der Waals surface area contributed by atoms with Gasteiger partial charge < -0.3 is 5.11 Å². The van der Waals surface area contributed by atoms with Crippen molar-refractivity contribution in [2.24, 2.45) is 0 Å². The number of carboxylic acid groups (broad SMARTS) is 1. The number of nitrogens with one attached hydrogen (secondary N) is 1. The Morgan fingerprint density at radius 3 is 2.61 bits per heavy atom. The van der Waals surface area contributed by atoms with E-state index in [1.807, 2.05) is 0 Å². The molecule has 1 aromatic heterocycles. The fourth-order valence-electron chi connectivity index (χ4n) is 1.32. The maximum Gasteiger partial charge on any atom is 0.304 e. The molecule has 0 amide bonds. The highest BCUT2D eigenvalue weighted by molar-refractivity contribution is 7.91. The summed E-state index contributed by atoms with van der Waals surface area (Å²) in [5.74, 6) is -1.04. The van der Waals surface area contributed by atoms with Crippen molar-refractivity contribution in [2.75, 3.05) is 0 Å². The van der Waals surface area contributed by atoms with Crippen LogP contribution in [0.2, 0.25) is 4.34 Å². The van der Waals surface area contributed by atoms with Gasteiger partial charge in [-0.3, -0.25) is 4.79 Å². The summed E-state index contributed by atoms with van der Waals surface area (Å²) < 4.78 is 26.9. The number of rotatable bonds is 6. The van der Waals surface area contributed by atoms with Gasteiger partial charge in [-0.2, -0.15) is 0 Å². The van der Waals surface area contributed by atoms with Gasteiger partial charge in [0.2, 0.25) is 10.0 Å². The molecular weight excluding hydrogens is 298 g/mol. The molecule has 0 fully saturated rings. The zero-order valence-electron chi connectivity index (χ0n) is 9.94. The summed E-state index contributed by atoms with van der Waals surface area (Å²) in [7, 11) is -3.70. The van der Waals surface area contributed by atoms with Crippen LogP contribution in [0.25, 0.3) is 0 Å². The zero-order valence-corrected chi connectivity index (χ0v) is 12.3. The molecule has 0 bridgehead atoms. The maximum absolute atomic E-state index is 12.0. The highest BCUT2D eigenvalue weighted by atomic mass is 35.5. The largest absolute Gasteiger partial charge is 0.481 e. The quantitative estimate of drug-likeness (QED) is 0.844. The number of aryl methyl sites for hydroxylation is 1. The van der Waals surface area contributed by atoms with Crippen LogP contribution >= 0.6 is 22.9 Å². The lowest BCUT2D eigenvalue weighted by Gasteiger charge is -2.13. The minimum absolute atomic E-state index is 0.105. The molecule has 0 aliphatic rings. The highest BCUT2D eigenvalue weighted by Gasteiger charge is 2.23. The summed E-state index contributed by atoms with van der Waals surface area (Å²) in [5.41, 5.74) is 0.688. The minimum atomic E-state index is -3.70. The van der Waals surface area contributed by atoms with Crippen molar-refractivity contribution in [1.29, 1.82) is 0 Å². The molecule has 0 aliphatic heterocycles. The van der Waals surface area contributed by atoms with Crippen molar-refractivity contribution in [1.82, 2.24) is 4.72 Å². The van der Waals surface area contributed by atoms with E-state index in [0.29, 0.717) is 16.3 Å². The van der Waals surface area contributed by atoms with Gasteiger partial charge in [0, 0.05) is 6.04 Å². The molecule has 1 unspecified atom stereocenters. The van der Waals surface area contributed by atoms with Gasteiger partial charge in [0.05, 0.1) is 10.8 Å². The summed E-state index contributed by atoms with van der Waals surface area (Å²) in [5, 5.41) is 8.68. The van der Waals surface area contributed by atoms with E-state index in [9.17, 15) is 13.2 Å². The first-order valence-corrected chi connectivity index (χ1v) is 7.94. The Labute approximate surface area is 115 Å². The number of carbonyl (C=O) groups is 1. The molecule has 1 aromatic rings. The Kier molecular flexibility index (Phi) is 5.15. The van der Waals surface area contributed by atoms with Crippen molar-refractivity contribution >= 4 is 38.9 Å². The van der Waals surface area contributed by atoms with Crippen LogP contribution in [0.1, 0.15) is 25.3 Å². The zero-order chi connectivity index (χ0) is 13.9. The van der Waals surface area contributed by atoms with Crippen molar-refractivity contribution in [3.8, 4) is 0 Å². The topological polar surface area (TPSA) is 83.5 Å². The van der Waals surface area contributed by atoms with Crippen molar-refractivity contribution in [3.05, 3.63) is 16.0 Å². The summed E-state index contributed by atoms with van der Waals surface area (Å²) in [6.45, 7) is 3.44. The number of hydrogen-bond donors (Lipinski definition) is 2. The molecule has 1 rings (SSSR count). The monoisotopic (exact) mass is 311 g/mol. The number of carboxylic acids is 1. The number of sulfonamides is 1. The van der Waals surface area contributed by atoms with Crippen LogP contribution in [-0.2, 0) is 14.8 Å². The first-order chi connectivity index (χ1) is 8.26. The molecule has 5 nitrogen and oxygen atoms in total. The van der Waals surface area contributed by atoms with Crippen LogP contribution < -0.4 is 4.72 Å². The normalized spacial score (nSPS) is 13.5. The Hall–Kier alpha value is -0.630. The molecule has 1 atom stereocenters. The molecule has 8 heteroatoms. The van der Waals surface area contributed by atoms with E-state index < -0.39 is 22.0 Å². The molecule has 0 radical (unpaired) electrons.